The van der Waals surface area contributed by atoms with Gasteiger partial charge in [-0.3, -0.25) is 14.2 Å². The third-order valence-corrected chi connectivity index (χ3v) is 8.85. The van der Waals surface area contributed by atoms with Crippen molar-refractivity contribution >= 4 is 23.5 Å². The Morgan fingerprint density at radius 2 is 2.10 bits per heavy atom. The number of rotatable bonds is 7. The predicted octanol–water partition coefficient (Wildman–Crippen LogP) is 4.13. The lowest BCUT2D eigenvalue weighted by Gasteiger charge is -2.61. The van der Waals surface area contributed by atoms with Gasteiger partial charge in [0, 0.05) is 35.6 Å². The lowest BCUT2D eigenvalue weighted by Crippen LogP contribution is -2.68. The number of aromatic nitrogens is 7. The van der Waals surface area contributed by atoms with Gasteiger partial charge in [-0.2, -0.15) is 15.5 Å². The molecule has 1 amide bonds. The van der Waals surface area contributed by atoms with E-state index in [-0.39, 0.29) is 11.2 Å². The van der Waals surface area contributed by atoms with Gasteiger partial charge in [-0.25, -0.2) is 19.2 Å². The van der Waals surface area contributed by atoms with E-state index in [1.54, 1.807) is 29.1 Å². The first-order valence-electron chi connectivity index (χ1n) is 13.8. The van der Waals surface area contributed by atoms with E-state index in [9.17, 15) is 10.1 Å². The van der Waals surface area contributed by atoms with E-state index in [0.717, 1.165) is 49.3 Å². The quantitative estimate of drug-likeness (QED) is 0.315. The maximum absolute atomic E-state index is 15.4. The number of amides is 1. The van der Waals surface area contributed by atoms with E-state index in [0.29, 0.717) is 42.0 Å². The van der Waals surface area contributed by atoms with Crippen LogP contribution in [-0.2, 0) is 4.74 Å². The zero-order chi connectivity index (χ0) is 27.0. The number of fused-ring (bicyclic) bond motifs is 1. The molecule has 4 aromatic rings. The molecule has 0 aromatic carbocycles. The first-order chi connectivity index (χ1) is 19.5. The second kappa shape index (κ2) is 8.51. The van der Waals surface area contributed by atoms with E-state index < -0.39 is 24.3 Å². The predicted molar refractivity (Wildman–Crippen MR) is 139 cm³/mol. The molecule has 0 aliphatic heterocycles. The van der Waals surface area contributed by atoms with Crippen LogP contribution in [0, 0.1) is 17.2 Å². The normalized spacial score (nSPS) is 28.5. The van der Waals surface area contributed by atoms with Crippen LogP contribution < -0.4 is 10.6 Å². The van der Waals surface area contributed by atoms with E-state index in [4.69, 9.17) is 4.74 Å². The number of nitrogens with zero attached hydrogens (tertiary/aromatic N) is 7. The molecule has 4 heterocycles. The summed E-state index contributed by atoms with van der Waals surface area (Å²) in [5, 5.41) is 27.4. The van der Waals surface area contributed by atoms with Gasteiger partial charge in [-0.05, 0) is 56.9 Å². The monoisotopic (exact) mass is 542 g/mol. The van der Waals surface area contributed by atoms with Crippen molar-refractivity contribution in [1.82, 2.24) is 39.7 Å². The van der Waals surface area contributed by atoms with Crippen LogP contribution in [0.2, 0.25) is 0 Å². The van der Waals surface area contributed by atoms with Crippen molar-refractivity contribution in [1.29, 1.82) is 5.26 Å². The summed E-state index contributed by atoms with van der Waals surface area (Å²) in [6.07, 6.45) is 8.61. The molecule has 40 heavy (non-hydrogen) atoms. The highest BCUT2D eigenvalue weighted by molar-refractivity contribution is 5.77. The Labute approximate surface area is 227 Å². The fraction of sp³-hybridized carbons (Fsp3) is 0.481. The second-order valence-electron chi connectivity index (χ2n) is 11.6. The van der Waals surface area contributed by atoms with Crippen molar-refractivity contribution in [2.45, 2.75) is 74.7 Å². The lowest BCUT2D eigenvalue weighted by atomic mass is 9.50. The number of anilines is 2. The molecule has 9 rings (SSSR count). The van der Waals surface area contributed by atoms with Crippen molar-refractivity contribution < 1.29 is 13.9 Å². The van der Waals surface area contributed by atoms with Crippen molar-refractivity contribution in [3.05, 3.63) is 42.1 Å². The van der Waals surface area contributed by atoms with Crippen molar-refractivity contribution in [2.75, 3.05) is 5.32 Å². The fourth-order valence-corrected chi connectivity index (χ4v) is 6.53. The van der Waals surface area contributed by atoms with Crippen LogP contribution in [0.5, 0.6) is 0 Å². The van der Waals surface area contributed by atoms with Crippen LogP contribution in [0.3, 0.4) is 0 Å². The molecule has 5 saturated carbocycles. The first-order valence-corrected chi connectivity index (χ1v) is 13.8. The van der Waals surface area contributed by atoms with Crippen molar-refractivity contribution in [3.63, 3.8) is 0 Å². The molecule has 0 radical (unpaired) electrons. The molecule has 0 unspecified atom stereocenters. The molecule has 5 fully saturated rings. The largest absolute Gasteiger partial charge is 0.443 e. The maximum Gasteiger partial charge on any atom is 0.407 e. The topological polar surface area (TPSA) is 151 Å². The number of carbonyl (C=O) groups is 1. The average Bonchev–Trinajstić information content (AvgIpc) is 3.27. The number of aromatic amines is 1. The van der Waals surface area contributed by atoms with E-state index >= 15 is 4.39 Å². The molecule has 3 atom stereocenters. The van der Waals surface area contributed by atoms with Crippen LogP contribution in [0.15, 0.2) is 30.7 Å². The summed E-state index contributed by atoms with van der Waals surface area (Å²) in [5.41, 5.74) is 3.01. The first kappa shape index (κ1) is 23.4. The summed E-state index contributed by atoms with van der Waals surface area (Å²) >= 11 is 0. The second-order valence-corrected chi connectivity index (χ2v) is 11.6. The van der Waals surface area contributed by atoms with Gasteiger partial charge >= 0.3 is 6.09 Å². The molecule has 0 spiro atoms. The Kier molecular flexibility index (Phi) is 4.98. The van der Waals surface area contributed by atoms with Gasteiger partial charge in [0.1, 0.15) is 18.3 Å². The number of H-pyrrole nitrogens is 1. The average molecular weight is 543 g/mol. The van der Waals surface area contributed by atoms with E-state index in [1.807, 2.05) is 10.7 Å². The highest BCUT2D eigenvalue weighted by Crippen LogP contribution is 2.57. The number of nitriles is 1. The zero-order valence-corrected chi connectivity index (χ0v) is 21.5. The Morgan fingerprint density at radius 3 is 2.85 bits per heavy atom. The number of imidazole rings is 1. The van der Waals surface area contributed by atoms with Gasteiger partial charge in [0.25, 0.3) is 0 Å². The highest BCUT2D eigenvalue weighted by atomic mass is 19.1. The number of halogens is 1. The summed E-state index contributed by atoms with van der Waals surface area (Å²) in [6.45, 7) is 0. The number of carbonyl (C=O) groups excluding carboxylic acids is 1. The van der Waals surface area contributed by atoms with E-state index in [2.05, 4.69) is 42.0 Å². The van der Waals surface area contributed by atoms with Gasteiger partial charge in [0.2, 0.25) is 5.95 Å². The summed E-state index contributed by atoms with van der Waals surface area (Å²) in [6, 6.07) is 6.14. The van der Waals surface area contributed by atoms with Crippen LogP contribution in [0.4, 0.5) is 21.0 Å². The van der Waals surface area contributed by atoms with Crippen LogP contribution in [0.1, 0.15) is 68.3 Å². The van der Waals surface area contributed by atoms with Gasteiger partial charge in [0.15, 0.2) is 17.2 Å². The summed E-state index contributed by atoms with van der Waals surface area (Å²) in [5.74, 6) is 1.13. The third kappa shape index (κ3) is 3.73. The minimum absolute atomic E-state index is 0.102. The minimum atomic E-state index is -1.33. The molecule has 204 valence electrons. The lowest BCUT2D eigenvalue weighted by molar-refractivity contribution is -0.0532. The smallest absolute Gasteiger partial charge is 0.407 e. The Morgan fingerprint density at radius 1 is 1.25 bits per heavy atom. The molecule has 5 aliphatic rings. The summed E-state index contributed by atoms with van der Waals surface area (Å²) in [7, 11) is 0. The standard InChI is InChI=1S/C27H27FN10O2/c28-23-17(3-4-21(23)40-26(39)34-27-8-14(9-27)10-27)19-7-22(36-35-19)33-25-30-12-18(24-32-15(11-29)13-37(24)25)20-5-6-31-38(20)16-1-2-16/h5-7,12-14,16-17,21,23H,1-4,8-10H2,(H,34,39)(H2,30,33,35,36)/t14?,17-,21-,23-,27?/m1/s1. The number of nitrogens with one attached hydrogen (secondary N) is 3. The minimum Gasteiger partial charge on any atom is -0.443 e. The van der Waals surface area contributed by atoms with E-state index in [1.165, 1.54) is 0 Å². The summed E-state index contributed by atoms with van der Waals surface area (Å²) in [4.78, 5) is 21.5. The molecular weight excluding hydrogens is 515 g/mol. The Hall–Kier alpha value is -4.47. The molecule has 13 heteroatoms. The van der Waals surface area contributed by atoms with Crippen LogP contribution >= 0.6 is 0 Å². The highest BCUT2D eigenvalue weighted by Gasteiger charge is 2.58. The van der Waals surface area contributed by atoms with Crippen molar-refractivity contribution in [2.24, 2.45) is 5.92 Å². The van der Waals surface area contributed by atoms with Gasteiger partial charge in [0.05, 0.1) is 23.5 Å². The molecule has 4 aromatic heterocycles. The zero-order valence-electron chi connectivity index (χ0n) is 21.5. The maximum atomic E-state index is 15.4. The number of ether oxygens (including phenoxy) is 1. The van der Waals surface area contributed by atoms with Crippen LogP contribution in [-0.4, -0.2) is 58.3 Å². The SMILES string of the molecule is N#Cc1cn2c(Nc3cc([C@H]4CC[C@@H](OC(=O)NC56CC(C5)C6)[C@@H]4F)[nH]n3)ncc(-c3ccnn3C3CC3)c2n1. The van der Waals surface area contributed by atoms with Gasteiger partial charge < -0.3 is 15.4 Å². The molecule has 12 nitrogen and oxygen atoms in total. The Balaban J connectivity index is 0.999. The molecular formula is C27H27FN10O2. The van der Waals surface area contributed by atoms with Crippen molar-refractivity contribution in [3.8, 4) is 17.3 Å². The third-order valence-electron chi connectivity index (χ3n) is 8.85. The molecule has 5 aliphatic carbocycles. The molecule has 2 bridgehead atoms. The fourth-order valence-electron chi connectivity index (χ4n) is 6.53. The Bertz CT molecular complexity index is 1660. The number of hydrogen-bond donors (Lipinski definition) is 3. The summed E-state index contributed by atoms with van der Waals surface area (Å²) < 4.78 is 24.5. The molecule has 0 saturated heterocycles. The number of alkyl carbamates (subject to hydrolysis) is 1. The van der Waals surface area contributed by atoms with Gasteiger partial charge in [-0.1, -0.05) is 0 Å². The van der Waals surface area contributed by atoms with Crippen LogP contribution in [0.25, 0.3) is 16.9 Å². The van der Waals surface area contributed by atoms with Gasteiger partial charge in [-0.15, -0.1) is 0 Å². The number of hydrogen-bond acceptors (Lipinski definition) is 8. The number of alkyl halides is 1. The molecule has 3 N–H and O–H groups in total.